The van der Waals surface area contributed by atoms with Gasteiger partial charge in [0, 0.05) is 43.8 Å². The fourth-order valence-electron chi connectivity index (χ4n) is 2.35. The first kappa shape index (κ1) is 12.0. The summed E-state index contributed by atoms with van der Waals surface area (Å²) >= 11 is 0. The van der Waals surface area contributed by atoms with Crippen LogP contribution in [0.5, 0.6) is 0 Å². The van der Waals surface area contributed by atoms with Crippen LogP contribution in [0.25, 0.3) is 0 Å². The lowest BCUT2D eigenvalue weighted by Crippen LogP contribution is -2.34. The molecule has 19 heavy (non-hydrogen) atoms. The van der Waals surface area contributed by atoms with E-state index in [0.717, 1.165) is 43.4 Å². The number of anilines is 2. The second-order valence-corrected chi connectivity index (χ2v) is 4.69. The van der Waals surface area contributed by atoms with E-state index in [1.807, 2.05) is 32.4 Å². The Morgan fingerprint density at radius 1 is 1.32 bits per heavy atom. The largest absolute Gasteiger partial charge is 0.354 e. The molecule has 0 saturated carbocycles. The van der Waals surface area contributed by atoms with Gasteiger partial charge in [-0.3, -0.25) is 0 Å². The molecule has 0 atom stereocenters. The Hall–Kier alpha value is -2.11. The Morgan fingerprint density at radius 3 is 3.05 bits per heavy atom. The Kier molecular flexibility index (Phi) is 3.06. The molecule has 6 nitrogen and oxygen atoms in total. The number of fused-ring (bicyclic) bond motifs is 1. The summed E-state index contributed by atoms with van der Waals surface area (Å²) in [6.07, 6.45) is 5.76. The van der Waals surface area contributed by atoms with E-state index < -0.39 is 0 Å². The van der Waals surface area contributed by atoms with Gasteiger partial charge in [0.05, 0.1) is 6.54 Å². The van der Waals surface area contributed by atoms with Gasteiger partial charge in [-0.2, -0.15) is 4.98 Å². The number of imidazole rings is 1. The van der Waals surface area contributed by atoms with Crippen molar-refractivity contribution in [2.24, 2.45) is 0 Å². The van der Waals surface area contributed by atoms with Crippen LogP contribution in [0.15, 0.2) is 18.6 Å². The van der Waals surface area contributed by atoms with Crippen molar-refractivity contribution in [3.05, 3.63) is 30.0 Å². The molecule has 1 aliphatic heterocycles. The van der Waals surface area contributed by atoms with Gasteiger partial charge in [-0.25, -0.2) is 9.97 Å². The number of hydrogen-bond donors (Lipinski definition) is 1. The average Bonchev–Trinajstić information content (AvgIpc) is 2.88. The fourth-order valence-corrected chi connectivity index (χ4v) is 2.35. The lowest BCUT2D eigenvalue weighted by atomic mass is 10.3. The minimum absolute atomic E-state index is 0.692. The highest BCUT2D eigenvalue weighted by Crippen LogP contribution is 2.22. The van der Waals surface area contributed by atoms with Crippen LogP contribution in [-0.2, 0) is 13.1 Å². The number of hydrogen-bond acceptors (Lipinski definition) is 5. The molecule has 0 amide bonds. The van der Waals surface area contributed by atoms with Gasteiger partial charge in [-0.05, 0) is 13.8 Å². The van der Waals surface area contributed by atoms with Crippen molar-refractivity contribution in [3.8, 4) is 0 Å². The third-order valence-electron chi connectivity index (χ3n) is 3.32. The van der Waals surface area contributed by atoms with Crippen LogP contribution in [0.2, 0.25) is 0 Å². The molecule has 100 valence electrons. The first-order valence-electron chi connectivity index (χ1n) is 6.60. The summed E-state index contributed by atoms with van der Waals surface area (Å²) < 4.78 is 2.19. The monoisotopic (exact) mass is 258 g/mol. The Balaban J connectivity index is 1.88. The maximum atomic E-state index is 4.61. The van der Waals surface area contributed by atoms with Crippen molar-refractivity contribution in [1.29, 1.82) is 0 Å². The quantitative estimate of drug-likeness (QED) is 0.902. The molecule has 0 saturated heterocycles. The van der Waals surface area contributed by atoms with Crippen molar-refractivity contribution in [3.63, 3.8) is 0 Å². The van der Waals surface area contributed by atoms with E-state index in [9.17, 15) is 0 Å². The highest BCUT2D eigenvalue weighted by Gasteiger charge is 2.19. The highest BCUT2D eigenvalue weighted by atomic mass is 15.3. The molecule has 3 rings (SSSR count). The van der Waals surface area contributed by atoms with Crippen LogP contribution in [0, 0.1) is 6.92 Å². The predicted octanol–water partition coefficient (Wildman–Crippen LogP) is 1.43. The first-order chi connectivity index (χ1) is 9.28. The van der Waals surface area contributed by atoms with Crippen LogP contribution in [0.1, 0.15) is 18.3 Å². The lowest BCUT2D eigenvalue weighted by molar-refractivity contribution is 0.555. The highest BCUT2D eigenvalue weighted by molar-refractivity contribution is 5.49. The Morgan fingerprint density at radius 2 is 2.21 bits per heavy atom. The van der Waals surface area contributed by atoms with E-state index in [0.29, 0.717) is 5.95 Å². The number of nitrogens with one attached hydrogen (secondary N) is 1. The molecule has 0 spiro atoms. The van der Waals surface area contributed by atoms with Crippen molar-refractivity contribution in [1.82, 2.24) is 19.5 Å². The number of rotatable bonds is 3. The molecule has 3 heterocycles. The Bertz CT molecular complexity index is 576. The molecular formula is C13H18N6. The fraction of sp³-hybridized carbons (Fsp3) is 0.462. The van der Waals surface area contributed by atoms with Gasteiger partial charge in [0.1, 0.15) is 11.6 Å². The van der Waals surface area contributed by atoms with Crippen LogP contribution in [0.3, 0.4) is 0 Å². The molecule has 2 aromatic heterocycles. The minimum atomic E-state index is 0.692. The average molecular weight is 258 g/mol. The summed E-state index contributed by atoms with van der Waals surface area (Å²) in [6, 6.07) is 0. The van der Waals surface area contributed by atoms with Gasteiger partial charge in [0.25, 0.3) is 0 Å². The van der Waals surface area contributed by atoms with Gasteiger partial charge < -0.3 is 14.8 Å². The van der Waals surface area contributed by atoms with Gasteiger partial charge in [-0.15, -0.1) is 0 Å². The summed E-state index contributed by atoms with van der Waals surface area (Å²) in [7, 11) is 0. The number of aryl methyl sites for hydroxylation is 1. The molecule has 0 bridgehead atoms. The van der Waals surface area contributed by atoms with Gasteiger partial charge in [0.15, 0.2) is 0 Å². The predicted molar refractivity (Wildman–Crippen MR) is 74.2 cm³/mol. The van der Waals surface area contributed by atoms with E-state index in [-0.39, 0.29) is 0 Å². The van der Waals surface area contributed by atoms with Crippen molar-refractivity contribution < 1.29 is 0 Å². The van der Waals surface area contributed by atoms with Crippen LogP contribution in [-0.4, -0.2) is 32.6 Å². The topological polar surface area (TPSA) is 58.9 Å². The zero-order valence-electron chi connectivity index (χ0n) is 11.3. The van der Waals surface area contributed by atoms with Gasteiger partial charge >= 0.3 is 0 Å². The molecule has 2 aromatic rings. The molecule has 0 aliphatic carbocycles. The zero-order chi connectivity index (χ0) is 13.2. The van der Waals surface area contributed by atoms with E-state index in [1.165, 1.54) is 0 Å². The van der Waals surface area contributed by atoms with E-state index in [2.05, 4.69) is 29.7 Å². The lowest BCUT2D eigenvalue weighted by Gasteiger charge is -2.29. The van der Waals surface area contributed by atoms with Gasteiger partial charge in [0.2, 0.25) is 5.95 Å². The van der Waals surface area contributed by atoms with Gasteiger partial charge in [-0.1, -0.05) is 0 Å². The second-order valence-electron chi connectivity index (χ2n) is 4.69. The summed E-state index contributed by atoms with van der Waals surface area (Å²) in [5, 5.41) is 3.16. The van der Waals surface area contributed by atoms with Crippen molar-refractivity contribution in [2.45, 2.75) is 26.9 Å². The smallest absolute Gasteiger partial charge is 0.224 e. The van der Waals surface area contributed by atoms with Crippen LogP contribution in [0.4, 0.5) is 11.8 Å². The minimum Gasteiger partial charge on any atom is -0.354 e. The second kappa shape index (κ2) is 4.87. The van der Waals surface area contributed by atoms with Crippen LogP contribution >= 0.6 is 0 Å². The third kappa shape index (κ3) is 2.25. The maximum absolute atomic E-state index is 4.61. The number of nitrogens with zero attached hydrogens (tertiary/aromatic N) is 5. The molecule has 1 aliphatic rings. The zero-order valence-corrected chi connectivity index (χ0v) is 11.3. The molecule has 1 N–H and O–H groups in total. The molecule has 6 heteroatoms. The molecular weight excluding hydrogens is 240 g/mol. The van der Waals surface area contributed by atoms with Crippen molar-refractivity contribution >= 4 is 11.8 Å². The molecule has 0 unspecified atom stereocenters. The van der Waals surface area contributed by atoms with E-state index in [1.54, 1.807) is 0 Å². The summed E-state index contributed by atoms with van der Waals surface area (Å²) in [5.41, 5.74) is 1.10. The first-order valence-corrected chi connectivity index (χ1v) is 6.60. The summed E-state index contributed by atoms with van der Waals surface area (Å²) in [5.74, 6) is 2.78. The van der Waals surface area contributed by atoms with E-state index >= 15 is 0 Å². The van der Waals surface area contributed by atoms with E-state index in [4.69, 9.17) is 0 Å². The Labute approximate surface area is 112 Å². The normalized spacial score (nSPS) is 14.3. The van der Waals surface area contributed by atoms with Crippen molar-refractivity contribution in [2.75, 3.05) is 23.3 Å². The SMILES string of the molecule is CCNc1ncc(C)c(N2CCn3ccnc3C2)n1. The third-order valence-corrected chi connectivity index (χ3v) is 3.32. The standard InChI is InChI=1S/C13H18N6/c1-3-14-13-16-8-10(2)12(17-13)19-7-6-18-5-4-15-11(18)9-19/h4-5,8H,3,6-7,9H2,1-2H3,(H,14,16,17). The maximum Gasteiger partial charge on any atom is 0.224 e. The molecule has 0 radical (unpaired) electrons. The molecule has 0 fully saturated rings. The molecule has 0 aromatic carbocycles. The summed E-state index contributed by atoms with van der Waals surface area (Å²) in [6.45, 7) is 7.62. The summed E-state index contributed by atoms with van der Waals surface area (Å²) in [4.78, 5) is 15.5. The van der Waals surface area contributed by atoms with Crippen LogP contribution < -0.4 is 10.2 Å². The number of aromatic nitrogens is 4.